The number of rotatable bonds is 6. The topological polar surface area (TPSA) is 58.6 Å². The van der Waals surface area contributed by atoms with Crippen LogP contribution in [0.25, 0.3) is 0 Å². The Morgan fingerprint density at radius 1 is 1.43 bits per heavy atom. The average molecular weight is 357 g/mol. The van der Waals surface area contributed by atoms with Gasteiger partial charge in [0.1, 0.15) is 0 Å². The lowest BCUT2D eigenvalue weighted by Gasteiger charge is -2.21. The van der Waals surface area contributed by atoms with Crippen LogP contribution in [0.4, 0.5) is 0 Å². The molecule has 1 amide bonds. The van der Waals surface area contributed by atoms with Crippen LogP contribution >= 0.6 is 15.9 Å². The van der Waals surface area contributed by atoms with Crippen molar-refractivity contribution in [1.29, 1.82) is 0 Å². The number of ether oxygens (including phenoxy) is 1. The Bertz CT molecular complexity index is 520. The highest BCUT2D eigenvalue weighted by Gasteiger charge is 2.16. The Balaban J connectivity index is 2.68. The highest BCUT2D eigenvalue weighted by molar-refractivity contribution is 9.10. The number of benzene rings is 1. The molecule has 6 heteroatoms. The van der Waals surface area contributed by atoms with Gasteiger partial charge in [0.15, 0.2) is 0 Å². The molecule has 0 bridgehead atoms. The molecule has 0 aliphatic rings. The van der Waals surface area contributed by atoms with Crippen molar-refractivity contribution in [3.8, 4) is 0 Å². The maximum Gasteiger partial charge on any atom is 0.337 e. The predicted octanol–water partition coefficient (Wildman–Crippen LogP) is 2.19. The molecule has 1 aromatic carbocycles. The number of nitrogens with one attached hydrogen (secondary N) is 1. The van der Waals surface area contributed by atoms with Gasteiger partial charge in [-0.3, -0.25) is 4.79 Å². The van der Waals surface area contributed by atoms with E-state index in [1.165, 1.54) is 7.11 Å². The van der Waals surface area contributed by atoms with E-state index in [1.807, 2.05) is 19.9 Å². The normalized spacial score (nSPS) is 11.9. The van der Waals surface area contributed by atoms with E-state index < -0.39 is 0 Å². The van der Waals surface area contributed by atoms with Gasteiger partial charge in [-0.05, 0) is 31.5 Å². The zero-order valence-electron chi connectivity index (χ0n) is 12.8. The second-order valence-corrected chi connectivity index (χ2v) is 5.61. The zero-order valence-corrected chi connectivity index (χ0v) is 14.4. The number of methoxy groups -OCH3 is 1. The fourth-order valence-corrected chi connectivity index (χ4v) is 2.29. The van der Waals surface area contributed by atoms with Crippen LogP contribution in [0, 0.1) is 0 Å². The summed E-state index contributed by atoms with van der Waals surface area (Å²) < 4.78 is 5.48. The fraction of sp³-hybridized carbons (Fsp3) is 0.467. The molecule has 5 nitrogen and oxygen atoms in total. The molecule has 21 heavy (non-hydrogen) atoms. The summed E-state index contributed by atoms with van der Waals surface area (Å²) in [7, 11) is 3.13. The summed E-state index contributed by atoms with van der Waals surface area (Å²) in [4.78, 5) is 25.1. The monoisotopic (exact) mass is 356 g/mol. The highest BCUT2D eigenvalue weighted by Crippen LogP contribution is 2.19. The number of amides is 1. The molecule has 0 saturated carbocycles. The van der Waals surface area contributed by atoms with Gasteiger partial charge in [-0.2, -0.15) is 0 Å². The van der Waals surface area contributed by atoms with Crippen molar-refractivity contribution in [2.24, 2.45) is 0 Å². The first-order valence-electron chi connectivity index (χ1n) is 6.75. The lowest BCUT2D eigenvalue weighted by Crippen LogP contribution is -2.42. The van der Waals surface area contributed by atoms with Crippen LogP contribution < -0.4 is 5.32 Å². The zero-order chi connectivity index (χ0) is 16.0. The molecule has 1 unspecified atom stereocenters. The van der Waals surface area contributed by atoms with Crippen LogP contribution in [0.5, 0.6) is 0 Å². The number of hydrogen-bond acceptors (Lipinski definition) is 4. The van der Waals surface area contributed by atoms with Gasteiger partial charge in [0.25, 0.3) is 0 Å². The molecule has 0 saturated heterocycles. The quantitative estimate of drug-likeness (QED) is 0.793. The summed E-state index contributed by atoms with van der Waals surface area (Å²) in [5, 5.41) is 3.18. The minimum absolute atomic E-state index is 0.0554. The van der Waals surface area contributed by atoms with Gasteiger partial charge < -0.3 is 15.0 Å². The number of nitrogens with zero attached hydrogens (tertiary/aromatic N) is 1. The molecular formula is C15H21BrN2O3. The first-order chi connectivity index (χ1) is 9.90. The smallest absolute Gasteiger partial charge is 0.337 e. The van der Waals surface area contributed by atoms with Gasteiger partial charge in [-0.1, -0.05) is 22.0 Å². The van der Waals surface area contributed by atoms with Crippen LogP contribution in [0.15, 0.2) is 22.7 Å². The third-order valence-corrected chi connectivity index (χ3v) is 4.03. The fourth-order valence-electron chi connectivity index (χ4n) is 1.77. The van der Waals surface area contributed by atoms with Crippen molar-refractivity contribution in [1.82, 2.24) is 10.2 Å². The maximum atomic E-state index is 12.0. The van der Waals surface area contributed by atoms with Crippen molar-refractivity contribution in [3.63, 3.8) is 0 Å². The molecule has 0 aliphatic carbocycles. The van der Waals surface area contributed by atoms with E-state index in [2.05, 4.69) is 26.0 Å². The van der Waals surface area contributed by atoms with Gasteiger partial charge in [0.05, 0.1) is 18.7 Å². The van der Waals surface area contributed by atoms with E-state index in [0.29, 0.717) is 18.7 Å². The molecule has 0 spiro atoms. The summed E-state index contributed by atoms with van der Waals surface area (Å²) in [5.74, 6) is -0.317. The van der Waals surface area contributed by atoms with Crippen LogP contribution in [0.3, 0.4) is 0 Å². The third kappa shape index (κ3) is 4.82. The van der Waals surface area contributed by atoms with Crippen molar-refractivity contribution < 1.29 is 14.3 Å². The van der Waals surface area contributed by atoms with Gasteiger partial charge in [0.2, 0.25) is 5.91 Å². The molecule has 1 N–H and O–H groups in total. The lowest BCUT2D eigenvalue weighted by molar-refractivity contribution is -0.131. The minimum atomic E-state index is -0.372. The maximum absolute atomic E-state index is 12.0. The molecular weight excluding hydrogens is 336 g/mol. The molecule has 0 fully saturated rings. The minimum Gasteiger partial charge on any atom is -0.465 e. The third-order valence-electron chi connectivity index (χ3n) is 3.29. The first-order valence-corrected chi connectivity index (χ1v) is 7.55. The number of esters is 1. The Morgan fingerprint density at radius 2 is 2.10 bits per heavy atom. The van der Waals surface area contributed by atoms with E-state index in [-0.39, 0.29) is 17.9 Å². The molecule has 0 heterocycles. The van der Waals surface area contributed by atoms with Crippen LogP contribution in [-0.2, 0) is 16.1 Å². The molecule has 1 rings (SSSR count). The Hall–Kier alpha value is -1.40. The second-order valence-electron chi connectivity index (χ2n) is 4.75. The van der Waals surface area contributed by atoms with Crippen molar-refractivity contribution >= 4 is 27.8 Å². The Morgan fingerprint density at radius 3 is 2.62 bits per heavy atom. The lowest BCUT2D eigenvalue weighted by atomic mass is 10.1. The van der Waals surface area contributed by atoms with E-state index in [4.69, 9.17) is 0 Å². The summed E-state index contributed by atoms with van der Waals surface area (Å²) in [6.45, 7) is 4.99. The first kappa shape index (κ1) is 17.7. The number of halogens is 1. The summed E-state index contributed by atoms with van der Waals surface area (Å²) in [5.41, 5.74) is 1.46. The molecule has 0 aliphatic heterocycles. The van der Waals surface area contributed by atoms with Crippen molar-refractivity contribution in [2.45, 2.75) is 26.4 Å². The SMILES string of the molecule is CCN(C)C(=O)C(C)NCc1ccc(C(=O)OC)cc1Br. The highest BCUT2D eigenvalue weighted by atomic mass is 79.9. The number of likely N-dealkylation sites (N-methyl/N-ethyl adjacent to an activating group) is 1. The van der Waals surface area contributed by atoms with Crippen molar-refractivity contribution in [2.75, 3.05) is 20.7 Å². The van der Waals surface area contributed by atoms with E-state index in [1.54, 1.807) is 24.1 Å². The van der Waals surface area contributed by atoms with Gasteiger partial charge in [-0.15, -0.1) is 0 Å². The second kappa shape index (κ2) is 8.14. The molecule has 116 valence electrons. The Labute approximate surface area is 133 Å². The summed E-state index contributed by atoms with van der Waals surface area (Å²) in [6, 6.07) is 5.00. The van der Waals surface area contributed by atoms with Crippen molar-refractivity contribution in [3.05, 3.63) is 33.8 Å². The van der Waals surface area contributed by atoms with E-state index in [0.717, 1.165) is 10.0 Å². The summed E-state index contributed by atoms with van der Waals surface area (Å²) in [6.07, 6.45) is 0. The average Bonchev–Trinajstić information content (AvgIpc) is 2.50. The van der Waals surface area contributed by atoms with Crippen LogP contribution in [-0.4, -0.2) is 43.5 Å². The summed E-state index contributed by atoms with van der Waals surface area (Å²) >= 11 is 3.43. The number of hydrogen-bond donors (Lipinski definition) is 1. The van der Waals surface area contributed by atoms with Crippen LogP contribution in [0.2, 0.25) is 0 Å². The van der Waals surface area contributed by atoms with Gasteiger partial charge >= 0.3 is 5.97 Å². The molecule has 0 aromatic heterocycles. The molecule has 1 atom stereocenters. The van der Waals surface area contributed by atoms with Gasteiger partial charge in [-0.25, -0.2) is 4.79 Å². The number of carbonyl (C=O) groups is 2. The largest absolute Gasteiger partial charge is 0.465 e. The van der Waals surface area contributed by atoms with E-state index >= 15 is 0 Å². The standard InChI is InChI=1S/C15H21BrN2O3/c1-5-18(3)14(19)10(2)17-9-12-7-6-11(8-13(12)16)15(20)21-4/h6-8,10,17H,5,9H2,1-4H3. The molecule has 1 aromatic rings. The Kier molecular flexibility index (Phi) is 6.84. The van der Waals surface area contributed by atoms with E-state index in [9.17, 15) is 9.59 Å². The number of carbonyl (C=O) groups excluding carboxylic acids is 2. The molecule has 0 radical (unpaired) electrons. The predicted molar refractivity (Wildman–Crippen MR) is 85.1 cm³/mol. The van der Waals surface area contributed by atoms with Gasteiger partial charge in [0, 0.05) is 24.6 Å². The van der Waals surface area contributed by atoms with Crippen LogP contribution in [0.1, 0.15) is 29.8 Å².